The highest BCUT2D eigenvalue weighted by Gasteiger charge is 2.03. The van der Waals surface area contributed by atoms with Gasteiger partial charge in [0.05, 0.1) is 6.07 Å². The van der Waals surface area contributed by atoms with Crippen molar-refractivity contribution in [3.05, 3.63) is 0 Å². The Balaban J connectivity index is 2.79. The molecule has 86 valence electrons. The lowest BCUT2D eigenvalue weighted by molar-refractivity contribution is 0.939. The van der Waals surface area contributed by atoms with Gasteiger partial charge in [0.15, 0.2) is 0 Å². The second-order valence-corrected chi connectivity index (χ2v) is 2.99. The number of hydrogen-bond acceptors (Lipinski definition) is 7. The van der Waals surface area contributed by atoms with E-state index in [0.29, 0.717) is 17.8 Å². The van der Waals surface area contributed by atoms with Crippen LogP contribution in [-0.2, 0) is 0 Å². The summed E-state index contributed by atoms with van der Waals surface area (Å²) < 4.78 is 0. The molecule has 16 heavy (non-hydrogen) atoms. The zero-order valence-corrected chi connectivity index (χ0v) is 9.41. The van der Waals surface area contributed by atoms with Gasteiger partial charge in [-0.3, -0.25) is 0 Å². The predicted molar refractivity (Wildman–Crippen MR) is 62.3 cm³/mol. The summed E-state index contributed by atoms with van der Waals surface area (Å²) in [6.07, 6.45) is 0.988. The highest BCUT2D eigenvalue weighted by atomic mass is 15.3. The predicted octanol–water partition coefficient (Wildman–Crippen LogP) is 0.671. The van der Waals surface area contributed by atoms with Crippen molar-refractivity contribution in [2.75, 3.05) is 36.1 Å². The molecule has 3 N–H and O–H groups in total. The molecule has 0 atom stereocenters. The molecule has 0 saturated carbocycles. The summed E-state index contributed by atoms with van der Waals surface area (Å²) in [7, 11) is 1.73. The van der Waals surface area contributed by atoms with Gasteiger partial charge in [0, 0.05) is 13.6 Å². The van der Waals surface area contributed by atoms with E-state index < -0.39 is 0 Å². The summed E-state index contributed by atoms with van der Waals surface area (Å²) in [6.45, 7) is 3.02. The van der Waals surface area contributed by atoms with E-state index in [4.69, 9.17) is 5.26 Å². The number of nitrogens with zero attached hydrogens (tertiary/aromatic N) is 4. The zero-order valence-electron chi connectivity index (χ0n) is 9.41. The Kier molecular flexibility index (Phi) is 4.79. The second kappa shape index (κ2) is 6.40. The van der Waals surface area contributed by atoms with Crippen LogP contribution in [0.3, 0.4) is 0 Å². The van der Waals surface area contributed by atoms with Gasteiger partial charge in [-0.1, -0.05) is 6.92 Å². The Bertz CT molecular complexity index is 371. The first-order valence-electron chi connectivity index (χ1n) is 5.08. The minimum absolute atomic E-state index is 0.167. The minimum Gasteiger partial charge on any atom is -0.357 e. The zero-order chi connectivity index (χ0) is 11.8. The molecule has 0 amide bonds. The Hall–Kier alpha value is -2.10. The minimum atomic E-state index is 0.167. The molecule has 0 unspecified atom stereocenters. The number of nitrogens with one attached hydrogen (secondary N) is 3. The number of hydrogen-bond donors (Lipinski definition) is 3. The molecule has 0 bridgehead atoms. The van der Waals surface area contributed by atoms with Crippen molar-refractivity contribution in [1.82, 2.24) is 15.0 Å². The van der Waals surface area contributed by atoms with E-state index in [9.17, 15) is 0 Å². The molecule has 0 spiro atoms. The fraction of sp³-hybridized carbons (Fsp3) is 0.556. The molecule has 0 aliphatic rings. The molecule has 1 heterocycles. The second-order valence-electron chi connectivity index (χ2n) is 2.99. The van der Waals surface area contributed by atoms with Gasteiger partial charge in [-0.2, -0.15) is 20.2 Å². The van der Waals surface area contributed by atoms with Gasteiger partial charge >= 0.3 is 0 Å². The van der Waals surface area contributed by atoms with Crippen LogP contribution >= 0.6 is 0 Å². The standard InChI is InChI=1S/C9H15N7/c1-3-5-12-8-14-7(11-2)15-9(16-8)13-6-4-10/h3,5-6H2,1-2H3,(H3,11,12,13,14,15,16). The summed E-state index contributed by atoms with van der Waals surface area (Å²) in [5.41, 5.74) is 0. The van der Waals surface area contributed by atoms with E-state index in [1.54, 1.807) is 7.05 Å². The van der Waals surface area contributed by atoms with Crippen molar-refractivity contribution in [2.24, 2.45) is 0 Å². The van der Waals surface area contributed by atoms with Crippen molar-refractivity contribution < 1.29 is 0 Å². The molecule has 0 aromatic carbocycles. The molecule has 1 aromatic rings. The average Bonchev–Trinajstić information content (AvgIpc) is 2.33. The van der Waals surface area contributed by atoms with Crippen LogP contribution < -0.4 is 16.0 Å². The monoisotopic (exact) mass is 221 g/mol. The van der Waals surface area contributed by atoms with E-state index >= 15 is 0 Å². The van der Waals surface area contributed by atoms with Crippen LogP contribution in [0.1, 0.15) is 13.3 Å². The van der Waals surface area contributed by atoms with Crippen LogP contribution in [0.15, 0.2) is 0 Å². The number of nitriles is 1. The molecule has 0 saturated heterocycles. The SMILES string of the molecule is CCCNc1nc(NC)nc(NCC#N)n1. The largest absolute Gasteiger partial charge is 0.357 e. The van der Waals surface area contributed by atoms with Crippen LogP contribution in [0.2, 0.25) is 0 Å². The molecule has 0 fully saturated rings. The van der Waals surface area contributed by atoms with E-state index in [1.807, 2.05) is 6.07 Å². The van der Waals surface area contributed by atoms with Gasteiger partial charge in [-0.25, -0.2) is 0 Å². The molecule has 1 aromatic heterocycles. The van der Waals surface area contributed by atoms with Gasteiger partial charge in [-0.15, -0.1) is 0 Å². The van der Waals surface area contributed by atoms with E-state index in [2.05, 4.69) is 37.8 Å². The third kappa shape index (κ3) is 3.57. The van der Waals surface area contributed by atoms with Gasteiger partial charge in [0.25, 0.3) is 0 Å². The molecule has 1 rings (SSSR count). The lowest BCUT2D eigenvalue weighted by Gasteiger charge is -2.07. The summed E-state index contributed by atoms with van der Waals surface area (Å²) in [6, 6.07) is 1.96. The Morgan fingerprint density at radius 1 is 1.12 bits per heavy atom. The van der Waals surface area contributed by atoms with E-state index in [-0.39, 0.29) is 6.54 Å². The third-order valence-electron chi connectivity index (χ3n) is 1.72. The van der Waals surface area contributed by atoms with Crippen molar-refractivity contribution in [1.29, 1.82) is 5.26 Å². The summed E-state index contributed by atoms with van der Waals surface area (Å²) in [5, 5.41) is 17.1. The molecule has 7 nitrogen and oxygen atoms in total. The fourth-order valence-electron chi connectivity index (χ4n) is 1.00. The van der Waals surface area contributed by atoms with Crippen LogP contribution in [0.5, 0.6) is 0 Å². The summed E-state index contributed by atoms with van der Waals surface area (Å²) in [4.78, 5) is 12.3. The Morgan fingerprint density at radius 3 is 2.31 bits per heavy atom. The lowest BCUT2D eigenvalue weighted by atomic mass is 10.5. The van der Waals surface area contributed by atoms with Crippen molar-refractivity contribution in [3.8, 4) is 6.07 Å². The first-order valence-corrected chi connectivity index (χ1v) is 5.08. The highest BCUT2D eigenvalue weighted by Crippen LogP contribution is 2.08. The van der Waals surface area contributed by atoms with Gasteiger partial charge in [0.1, 0.15) is 6.54 Å². The maximum atomic E-state index is 8.45. The highest BCUT2D eigenvalue weighted by molar-refractivity contribution is 5.42. The van der Waals surface area contributed by atoms with Crippen LogP contribution in [-0.4, -0.2) is 35.1 Å². The number of anilines is 3. The topological polar surface area (TPSA) is 98.5 Å². The quantitative estimate of drug-likeness (QED) is 0.607. The van der Waals surface area contributed by atoms with Gasteiger partial charge in [-0.05, 0) is 6.42 Å². The number of rotatable bonds is 6. The summed E-state index contributed by atoms with van der Waals surface area (Å²) >= 11 is 0. The normalized spacial score (nSPS) is 9.31. The molecule has 0 radical (unpaired) electrons. The first-order chi connectivity index (χ1) is 7.80. The van der Waals surface area contributed by atoms with Crippen LogP contribution in [0.4, 0.5) is 17.8 Å². The van der Waals surface area contributed by atoms with Crippen molar-refractivity contribution in [2.45, 2.75) is 13.3 Å². The fourth-order valence-corrected chi connectivity index (χ4v) is 1.00. The summed E-state index contributed by atoms with van der Waals surface area (Å²) in [5.74, 6) is 1.36. The van der Waals surface area contributed by atoms with Crippen molar-refractivity contribution in [3.63, 3.8) is 0 Å². The lowest BCUT2D eigenvalue weighted by Crippen LogP contribution is -2.11. The van der Waals surface area contributed by atoms with E-state index in [0.717, 1.165) is 13.0 Å². The molecule has 0 aliphatic heterocycles. The Morgan fingerprint density at radius 2 is 1.75 bits per heavy atom. The maximum Gasteiger partial charge on any atom is 0.230 e. The maximum absolute atomic E-state index is 8.45. The number of aromatic nitrogens is 3. The smallest absolute Gasteiger partial charge is 0.230 e. The van der Waals surface area contributed by atoms with Crippen LogP contribution in [0.25, 0.3) is 0 Å². The molecule has 0 aliphatic carbocycles. The first kappa shape index (κ1) is 12.0. The van der Waals surface area contributed by atoms with Gasteiger partial charge < -0.3 is 16.0 Å². The average molecular weight is 221 g/mol. The molecule has 7 heteroatoms. The van der Waals surface area contributed by atoms with Gasteiger partial charge in [0.2, 0.25) is 17.8 Å². The van der Waals surface area contributed by atoms with Crippen molar-refractivity contribution >= 4 is 17.8 Å². The molecular weight excluding hydrogens is 206 g/mol. The van der Waals surface area contributed by atoms with E-state index in [1.165, 1.54) is 0 Å². The van der Waals surface area contributed by atoms with Crippen LogP contribution in [0, 0.1) is 11.3 Å². The molecular formula is C9H15N7. The third-order valence-corrected chi connectivity index (χ3v) is 1.72. The Labute approximate surface area is 94.3 Å².